The van der Waals surface area contributed by atoms with Crippen molar-refractivity contribution in [2.45, 2.75) is 24.3 Å². The Kier molecular flexibility index (Phi) is 8.09. The lowest BCUT2D eigenvalue weighted by molar-refractivity contribution is -0.130. The highest BCUT2D eigenvalue weighted by Gasteiger charge is 2.24. The molecule has 34 heavy (non-hydrogen) atoms. The van der Waals surface area contributed by atoms with Crippen molar-refractivity contribution in [1.29, 1.82) is 0 Å². The number of thioether (sulfide) groups is 1. The van der Waals surface area contributed by atoms with E-state index < -0.39 is 0 Å². The average molecular weight is 538 g/mol. The van der Waals surface area contributed by atoms with E-state index in [9.17, 15) is 9.59 Å². The van der Waals surface area contributed by atoms with E-state index in [2.05, 4.69) is 14.9 Å². The van der Waals surface area contributed by atoms with Crippen LogP contribution in [0.4, 0.5) is 5.69 Å². The Labute approximate surface area is 217 Å². The molecule has 1 saturated heterocycles. The van der Waals surface area contributed by atoms with Gasteiger partial charge in [0.15, 0.2) is 5.16 Å². The van der Waals surface area contributed by atoms with Gasteiger partial charge in [-0.05, 0) is 36.8 Å². The highest BCUT2D eigenvalue weighted by Crippen LogP contribution is 2.33. The number of aryl methyl sites for hydroxylation is 1. The standard InChI is InChI=1S/C24H23Cl3N4O2S/c1-15-18(23(33)29-24(28-15)34-14-16-4-2-5-17(25)12-16)13-21(32)31-10-8-30(9-11-31)20-7-3-6-19(26)22(20)27/h2-7,12H,8-11,13-14H2,1H3,(H,28,29,33). The molecule has 0 aliphatic carbocycles. The van der Waals surface area contributed by atoms with Crippen molar-refractivity contribution in [2.75, 3.05) is 31.1 Å². The summed E-state index contributed by atoms with van der Waals surface area (Å²) in [6.07, 6.45) is 0.0192. The van der Waals surface area contributed by atoms with Crippen molar-refractivity contribution in [1.82, 2.24) is 14.9 Å². The zero-order valence-corrected chi connectivity index (χ0v) is 21.6. The number of hydrogen-bond acceptors (Lipinski definition) is 5. The summed E-state index contributed by atoms with van der Waals surface area (Å²) in [5, 5.41) is 2.21. The molecule has 0 saturated carbocycles. The summed E-state index contributed by atoms with van der Waals surface area (Å²) in [7, 11) is 0. The molecule has 0 radical (unpaired) electrons. The minimum Gasteiger partial charge on any atom is -0.367 e. The van der Waals surface area contributed by atoms with E-state index in [4.69, 9.17) is 34.8 Å². The molecule has 178 valence electrons. The molecule has 10 heteroatoms. The molecular weight excluding hydrogens is 515 g/mol. The highest BCUT2D eigenvalue weighted by molar-refractivity contribution is 7.98. The molecular formula is C24H23Cl3N4O2S. The van der Waals surface area contributed by atoms with Crippen LogP contribution in [0.5, 0.6) is 0 Å². The molecule has 1 aromatic heterocycles. The molecule has 2 heterocycles. The van der Waals surface area contributed by atoms with Crippen LogP contribution in [0.1, 0.15) is 16.8 Å². The fourth-order valence-electron chi connectivity index (χ4n) is 3.84. The zero-order valence-electron chi connectivity index (χ0n) is 18.5. The Morgan fingerprint density at radius 2 is 1.82 bits per heavy atom. The molecule has 1 aliphatic heterocycles. The molecule has 3 aromatic rings. The van der Waals surface area contributed by atoms with Gasteiger partial charge in [-0.15, -0.1) is 0 Å². The summed E-state index contributed by atoms with van der Waals surface area (Å²) in [6.45, 7) is 4.12. The Hall–Kier alpha value is -2.19. The third-order valence-electron chi connectivity index (χ3n) is 5.70. The average Bonchev–Trinajstić information content (AvgIpc) is 2.82. The maximum Gasteiger partial charge on any atom is 0.255 e. The van der Waals surface area contributed by atoms with Crippen LogP contribution in [-0.4, -0.2) is 47.0 Å². The monoisotopic (exact) mass is 536 g/mol. The van der Waals surface area contributed by atoms with E-state index >= 15 is 0 Å². The fraction of sp³-hybridized carbons (Fsp3) is 0.292. The number of hydrogen-bond donors (Lipinski definition) is 1. The third-order valence-corrected chi connectivity index (χ3v) is 7.69. The molecule has 0 atom stereocenters. The fourth-order valence-corrected chi connectivity index (χ4v) is 5.31. The number of rotatable bonds is 6. The first-order valence-corrected chi connectivity index (χ1v) is 12.9. The molecule has 1 fully saturated rings. The van der Waals surface area contributed by atoms with Gasteiger partial charge in [0, 0.05) is 48.2 Å². The van der Waals surface area contributed by atoms with Crippen molar-refractivity contribution in [3.05, 3.63) is 84.7 Å². The molecule has 1 N–H and O–H groups in total. The number of H-pyrrole nitrogens is 1. The van der Waals surface area contributed by atoms with Gasteiger partial charge in [0.2, 0.25) is 5.91 Å². The Morgan fingerprint density at radius 3 is 2.53 bits per heavy atom. The van der Waals surface area contributed by atoms with Crippen molar-refractivity contribution in [3.8, 4) is 0 Å². The summed E-state index contributed by atoms with van der Waals surface area (Å²) in [4.78, 5) is 36.8. The number of benzene rings is 2. The second-order valence-corrected chi connectivity index (χ2v) is 10.2. The number of piperazine rings is 1. The van der Waals surface area contributed by atoms with Crippen LogP contribution in [-0.2, 0) is 17.0 Å². The molecule has 0 bridgehead atoms. The summed E-state index contributed by atoms with van der Waals surface area (Å²) in [6, 6.07) is 13.1. The largest absolute Gasteiger partial charge is 0.367 e. The lowest BCUT2D eigenvalue weighted by Crippen LogP contribution is -2.49. The number of aromatic amines is 1. The number of amides is 1. The van der Waals surface area contributed by atoms with Gasteiger partial charge in [-0.1, -0.05) is 64.8 Å². The van der Waals surface area contributed by atoms with Gasteiger partial charge >= 0.3 is 0 Å². The molecule has 2 aromatic carbocycles. The van der Waals surface area contributed by atoms with Crippen molar-refractivity contribution < 1.29 is 4.79 Å². The van der Waals surface area contributed by atoms with Gasteiger partial charge in [0.25, 0.3) is 5.56 Å². The Balaban J connectivity index is 1.36. The van der Waals surface area contributed by atoms with Gasteiger partial charge < -0.3 is 14.8 Å². The van der Waals surface area contributed by atoms with Crippen LogP contribution in [0.3, 0.4) is 0 Å². The van der Waals surface area contributed by atoms with E-state index in [1.807, 2.05) is 36.4 Å². The molecule has 6 nitrogen and oxygen atoms in total. The number of halogens is 3. The second kappa shape index (κ2) is 11.0. The van der Waals surface area contributed by atoms with E-state index in [-0.39, 0.29) is 17.9 Å². The SMILES string of the molecule is Cc1nc(SCc2cccc(Cl)c2)[nH]c(=O)c1CC(=O)N1CCN(c2cccc(Cl)c2Cl)CC1. The number of carbonyl (C=O) groups is 1. The smallest absolute Gasteiger partial charge is 0.255 e. The Bertz CT molecular complexity index is 1260. The summed E-state index contributed by atoms with van der Waals surface area (Å²) in [5.74, 6) is 0.536. The first-order chi connectivity index (χ1) is 16.3. The van der Waals surface area contributed by atoms with Gasteiger partial charge in [-0.25, -0.2) is 4.98 Å². The maximum absolute atomic E-state index is 12.9. The van der Waals surface area contributed by atoms with Crippen LogP contribution in [0, 0.1) is 6.92 Å². The molecule has 0 unspecified atom stereocenters. The molecule has 4 rings (SSSR count). The van der Waals surface area contributed by atoms with Crippen LogP contribution < -0.4 is 10.5 Å². The summed E-state index contributed by atoms with van der Waals surface area (Å²) >= 11 is 19.9. The number of carbonyl (C=O) groups excluding carboxylic acids is 1. The van der Waals surface area contributed by atoms with E-state index in [0.717, 1.165) is 11.3 Å². The van der Waals surface area contributed by atoms with E-state index in [0.29, 0.717) is 63.4 Å². The topological polar surface area (TPSA) is 69.3 Å². The Morgan fingerprint density at radius 1 is 1.09 bits per heavy atom. The zero-order chi connectivity index (χ0) is 24.2. The number of nitrogens with one attached hydrogen (secondary N) is 1. The minimum absolute atomic E-state index is 0.0192. The minimum atomic E-state index is -0.279. The summed E-state index contributed by atoms with van der Waals surface area (Å²) in [5.41, 5.74) is 2.59. The van der Waals surface area contributed by atoms with Gasteiger partial charge in [0.05, 0.1) is 22.2 Å². The molecule has 1 amide bonds. The van der Waals surface area contributed by atoms with Crippen molar-refractivity contribution in [3.63, 3.8) is 0 Å². The van der Waals surface area contributed by atoms with E-state index in [1.54, 1.807) is 17.9 Å². The lowest BCUT2D eigenvalue weighted by Gasteiger charge is -2.36. The molecule has 1 aliphatic rings. The van der Waals surface area contributed by atoms with E-state index in [1.165, 1.54) is 11.8 Å². The quantitative estimate of drug-likeness (QED) is 0.345. The molecule has 0 spiro atoms. The van der Waals surface area contributed by atoms with Crippen LogP contribution in [0.15, 0.2) is 52.4 Å². The van der Waals surface area contributed by atoms with Crippen molar-refractivity contribution in [2.24, 2.45) is 0 Å². The number of aromatic nitrogens is 2. The van der Waals surface area contributed by atoms with Crippen LogP contribution in [0.2, 0.25) is 15.1 Å². The predicted octanol–water partition coefficient (Wildman–Crippen LogP) is 5.22. The van der Waals surface area contributed by atoms with Crippen LogP contribution in [0.25, 0.3) is 0 Å². The van der Waals surface area contributed by atoms with Gasteiger partial charge in [0.1, 0.15) is 0 Å². The maximum atomic E-state index is 12.9. The van der Waals surface area contributed by atoms with Gasteiger partial charge in [-0.2, -0.15) is 0 Å². The highest BCUT2D eigenvalue weighted by atomic mass is 35.5. The number of anilines is 1. The van der Waals surface area contributed by atoms with Gasteiger partial charge in [-0.3, -0.25) is 9.59 Å². The van der Waals surface area contributed by atoms with Crippen molar-refractivity contribution >= 4 is 58.2 Å². The normalized spacial score (nSPS) is 13.9. The third kappa shape index (κ3) is 5.89. The second-order valence-electron chi connectivity index (χ2n) is 7.97. The van der Waals surface area contributed by atoms with Crippen LogP contribution >= 0.6 is 46.6 Å². The first kappa shape index (κ1) is 24.9. The predicted molar refractivity (Wildman–Crippen MR) is 140 cm³/mol. The number of nitrogens with zero attached hydrogens (tertiary/aromatic N) is 3. The summed E-state index contributed by atoms with van der Waals surface area (Å²) < 4.78 is 0. The first-order valence-electron chi connectivity index (χ1n) is 10.8. The lowest BCUT2D eigenvalue weighted by atomic mass is 10.1.